The summed E-state index contributed by atoms with van der Waals surface area (Å²) in [6, 6.07) is 4.54. The van der Waals surface area contributed by atoms with Gasteiger partial charge in [-0.2, -0.15) is 0 Å². The first-order chi connectivity index (χ1) is 7.58. The van der Waals surface area contributed by atoms with E-state index >= 15 is 0 Å². The van der Waals surface area contributed by atoms with Crippen molar-refractivity contribution in [3.8, 4) is 0 Å². The lowest BCUT2D eigenvalue weighted by atomic mass is 10.0. The lowest BCUT2D eigenvalue weighted by Gasteiger charge is -2.09. The molecule has 0 bridgehead atoms. The Balaban J connectivity index is 2.05. The van der Waals surface area contributed by atoms with Gasteiger partial charge in [-0.15, -0.1) is 0 Å². The lowest BCUT2D eigenvalue weighted by molar-refractivity contribution is 0.0971. The topological polar surface area (TPSA) is 43.1 Å². The van der Waals surface area contributed by atoms with Gasteiger partial charge in [-0.3, -0.25) is 4.79 Å². The van der Waals surface area contributed by atoms with E-state index in [1.54, 1.807) is 19.1 Å². The molecular weight excluding hydrogens is 205 g/mol. The van der Waals surface area contributed by atoms with E-state index in [0.29, 0.717) is 23.5 Å². The second kappa shape index (κ2) is 4.34. The van der Waals surface area contributed by atoms with E-state index in [1.165, 1.54) is 6.07 Å². The number of ketones is 1. The van der Waals surface area contributed by atoms with Gasteiger partial charge in [-0.1, -0.05) is 12.1 Å². The first-order valence-corrected chi connectivity index (χ1v) is 5.63. The Hall–Kier alpha value is -1.22. The van der Waals surface area contributed by atoms with Crippen molar-refractivity contribution in [2.45, 2.75) is 32.2 Å². The summed E-state index contributed by atoms with van der Waals surface area (Å²) in [5, 5.41) is 0. The van der Waals surface area contributed by atoms with Gasteiger partial charge in [0.05, 0.1) is 0 Å². The van der Waals surface area contributed by atoms with Crippen LogP contribution in [0.1, 0.15) is 35.2 Å². The summed E-state index contributed by atoms with van der Waals surface area (Å²) < 4.78 is 13.3. The Morgan fingerprint density at radius 2 is 2.25 bits per heavy atom. The van der Waals surface area contributed by atoms with Crippen LogP contribution in [0, 0.1) is 18.7 Å². The zero-order valence-corrected chi connectivity index (χ0v) is 9.37. The van der Waals surface area contributed by atoms with Gasteiger partial charge in [0, 0.05) is 18.0 Å². The highest BCUT2D eigenvalue weighted by Crippen LogP contribution is 2.33. The monoisotopic (exact) mass is 221 g/mol. The quantitative estimate of drug-likeness (QED) is 0.793. The minimum Gasteiger partial charge on any atom is -0.327 e. The molecule has 0 radical (unpaired) electrons. The summed E-state index contributed by atoms with van der Waals surface area (Å²) in [5.41, 5.74) is 6.86. The van der Waals surface area contributed by atoms with E-state index < -0.39 is 0 Å². The summed E-state index contributed by atoms with van der Waals surface area (Å²) >= 11 is 0. The first kappa shape index (κ1) is 11.3. The molecular formula is C13H16FNO. The maximum absolute atomic E-state index is 13.3. The maximum Gasteiger partial charge on any atom is 0.164 e. The van der Waals surface area contributed by atoms with Crippen LogP contribution in [-0.2, 0) is 0 Å². The molecule has 2 rings (SSSR count). The summed E-state index contributed by atoms with van der Waals surface area (Å²) in [5.74, 6) is 0.114. The molecule has 0 amide bonds. The molecule has 2 nitrogen and oxygen atoms in total. The highest BCUT2D eigenvalue weighted by Gasteiger charge is 2.30. The van der Waals surface area contributed by atoms with Crippen molar-refractivity contribution < 1.29 is 9.18 Å². The standard InChI is InChI=1S/C13H16FNO/c1-8-2-3-10(6-11(8)14)13(16)7-12(15)9-4-5-9/h2-3,6,9,12H,4-5,7,15H2,1H3. The fraction of sp³-hybridized carbons (Fsp3) is 0.462. The van der Waals surface area contributed by atoms with Gasteiger partial charge < -0.3 is 5.73 Å². The number of aryl methyl sites for hydroxylation is 1. The molecule has 0 spiro atoms. The number of halogens is 1. The third-order valence-electron chi connectivity index (χ3n) is 3.14. The molecule has 2 N–H and O–H groups in total. The molecule has 1 unspecified atom stereocenters. The van der Waals surface area contributed by atoms with Crippen molar-refractivity contribution in [3.63, 3.8) is 0 Å². The first-order valence-electron chi connectivity index (χ1n) is 5.63. The Bertz CT molecular complexity index is 412. The number of nitrogens with two attached hydrogens (primary N) is 1. The summed E-state index contributed by atoms with van der Waals surface area (Å²) in [6.45, 7) is 1.68. The minimum atomic E-state index is -0.328. The minimum absolute atomic E-state index is 0.0571. The van der Waals surface area contributed by atoms with Crippen molar-refractivity contribution in [2.75, 3.05) is 0 Å². The molecule has 1 aliphatic carbocycles. The van der Waals surface area contributed by atoms with Crippen molar-refractivity contribution in [2.24, 2.45) is 11.7 Å². The normalized spacial score (nSPS) is 17.2. The molecule has 0 saturated heterocycles. The number of carbonyl (C=O) groups is 1. The Kier molecular flexibility index (Phi) is 3.06. The van der Waals surface area contributed by atoms with Crippen LogP contribution in [0.25, 0.3) is 0 Å². The fourth-order valence-electron chi connectivity index (χ4n) is 1.79. The van der Waals surface area contributed by atoms with Crippen LogP contribution in [0.15, 0.2) is 18.2 Å². The molecule has 0 aliphatic heterocycles. The molecule has 3 heteroatoms. The van der Waals surface area contributed by atoms with Gasteiger partial charge in [0.15, 0.2) is 5.78 Å². The molecule has 1 fully saturated rings. The van der Waals surface area contributed by atoms with Crippen LogP contribution in [-0.4, -0.2) is 11.8 Å². The average Bonchev–Trinajstić information content (AvgIpc) is 3.05. The van der Waals surface area contributed by atoms with E-state index in [4.69, 9.17) is 5.73 Å². The third kappa shape index (κ3) is 2.47. The largest absolute Gasteiger partial charge is 0.327 e. The fourth-order valence-corrected chi connectivity index (χ4v) is 1.79. The van der Waals surface area contributed by atoms with E-state index in [0.717, 1.165) is 12.8 Å². The van der Waals surface area contributed by atoms with Gasteiger partial charge in [0.1, 0.15) is 5.82 Å². The van der Waals surface area contributed by atoms with Gasteiger partial charge in [-0.05, 0) is 37.3 Å². The molecule has 0 aromatic heterocycles. The molecule has 1 aromatic carbocycles. The Labute approximate surface area is 94.6 Å². The van der Waals surface area contributed by atoms with Gasteiger partial charge in [0.25, 0.3) is 0 Å². The van der Waals surface area contributed by atoms with Crippen LogP contribution in [0.2, 0.25) is 0 Å². The van der Waals surface area contributed by atoms with Crippen LogP contribution in [0.5, 0.6) is 0 Å². The van der Waals surface area contributed by atoms with Crippen LogP contribution < -0.4 is 5.73 Å². The number of rotatable bonds is 4. The van der Waals surface area contributed by atoms with E-state index in [-0.39, 0.29) is 17.6 Å². The third-order valence-corrected chi connectivity index (χ3v) is 3.14. The summed E-state index contributed by atoms with van der Waals surface area (Å²) in [7, 11) is 0. The van der Waals surface area contributed by atoms with E-state index in [2.05, 4.69) is 0 Å². The van der Waals surface area contributed by atoms with Crippen molar-refractivity contribution >= 4 is 5.78 Å². The van der Waals surface area contributed by atoms with E-state index in [9.17, 15) is 9.18 Å². The maximum atomic E-state index is 13.3. The number of carbonyl (C=O) groups excluding carboxylic acids is 1. The molecule has 0 heterocycles. The highest BCUT2D eigenvalue weighted by molar-refractivity contribution is 5.96. The smallest absolute Gasteiger partial charge is 0.164 e. The van der Waals surface area contributed by atoms with Gasteiger partial charge >= 0.3 is 0 Å². The molecule has 1 saturated carbocycles. The van der Waals surface area contributed by atoms with Crippen molar-refractivity contribution in [1.29, 1.82) is 0 Å². The highest BCUT2D eigenvalue weighted by atomic mass is 19.1. The summed E-state index contributed by atoms with van der Waals surface area (Å²) in [4.78, 5) is 11.8. The lowest BCUT2D eigenvalue weighted by Crippen LogP contribution is -2.26. The number of Topliss-reactive ketones (excluding diaryl/α,β-unsaturated/α-hetero) is 1. The Morgan fingerprint density at radius 1 is 1.56 bits per heavy atom. The van der Waals surface area contributed by atoms with Crippen molar-refractivity contribution in [1.82, 2.24) is 0 Å². The number of hydrogen-bond donors (Lipinski definition) is 1. The molecule has 1 aliphatic rings. The second-order valence-electron chi connectivity index (χ2n) is 4.59. The zero-order chi connectivity index (χ0) is 11.7. The number of benzene rings is 1. The average molecular weight is 221 g/mol. The second-order valence-corrected chi connectivity index (χ2v) is 4.59. The van der Waals surface area contributed by atoms with E-state index in [1.807, 2.05) is 0 Å². The molecule has 1 aromatic rings. The number of hydrogen-bond acceptors (Lipinski definition) is 2. The zero-order valence-electron chi connectivity index (χ0n) is 9.37. The Morgan fingerprint density at radius 3 is 2.81 bits per heavy atom. The predicted octanol–water partition coefficient (Wildman–Crippen LogP) is 2.44. The predicted molar refractivity (Wildman–Crippen MR) is 60.8 cm³/mol. The van der Waals surface area contributed by atoms with Crippen LogP contribution in [0.4, 0.5) is 4.39 Å². The van der Waals surface area contributed by atoms with Gasteiger partial charge in [0.2, 0.25) is 0 Å². The molecule has 16 heavy (non-hydrogen) atoms. The van der Waals surface area contributed by atoms with Crippen LogP contribution in [0.3, 0.4) is 0 Å². The summed E-state index contributed by atoms with van der Waals surface area (Å²) in [6.07, 6.45) is 2.57. The SMILES string of the molecule is Cc1ccc(C(=O)CC(N)C2CC2)cc1F. The van der Waals surface area contributed by atoms with Crippen LogP contribution >= 0.6 is 0 Å². The molecule has 1 atom stereocenters. The van der Waals surface area contributed by atoms with Crippen molar-refractivity contribution in [3.05, 3.63) is 35.1 Å². The van der Waals surface area contributed by atoms with Gasteiger partial charge in [-0.25, -0.2) is 4.39 Å². The molecule has 86 valence electrons.